The number of benzene rings is 1. The molecule has 0 saturated heterocycles. The third-order valence-electron chi connectivity index (χ3n) is 3.78. The second-order valence-electron chi connectivity index (χ2n) is 5.98. The van der Waals surface area contributed by atoms with Crippen LogP contribution in [0.3, 0.4) is 0 Å². The van der Waals surface area contributed by atoms with E-state index in [1.54, 1.807) is 0 Å². The van der Waals surface area contributed by atoms with Crippen LogP contribution in [-0.2, 0) is 6.42 Å². The molecule has 104 valence electrons. The van der Waals surface area contributed by atoms with Crippen molar-refractivity contribution < 1.29 is 0 Å². The zero-order valence-electron chi connectivity index (χ0n) is 12.0. The number of aromatic amines is 1. The van der Waals surface area contributed by atoms with Gasteiger partial charge in [-0.3, -0.25) is 0 Å². The Hall–Kier alpha value is -1.32. The van der Waals surface area contributed by atoms with Gasteiger partial charge in [0.2, 0.25) is 0 Å². The standard InChI is InChI=1S/C16H25N3/c1-16(2,12-17)8-10-18-9-7-13-11-19-15-6-4-3-5-14(13)15/h3-6,11,18-19H,7-10,12,17H2,1-2H3. The first-order valence-electron chi connectivity index (χ1n) is 7.08. The van der Waals surface area contributed by atoms with Gasteiger partial charge in [0.15, 0.2) is 0 Å². The zero-order valence-corrected chi connectivity index (χ0v) is 12.0. The van der Waals surface area contributed by atoms with Crippen LogP contribution in [0, 0.1) is 5.41 Å². The highest BCUT2D eigenvalue weighted by Gasteiger charge is 2.14. The van der Waals surface area contributed by atoms with Crippen molar-refractivity contribution in [3.8, 4) is 0 Å². The molecule has 1 heterocycles. The number of aromatic nitrogens is 1. The van der Waals surface area contributed by atoms with Crippen molar-refractivity contribution in [3.63, 3.8) is 0 Å². The lowest BCUT2D eigenvalue weighted by Crippen LogP contribution is -2.29. The first-order valence-corrected chi connectivity index (χ1v) is 7.08. The highest BCUT2D eigenvalue weighted by atomic mass is 14.8. The SMILES string of the molecule is CC(C)(CN)CCNCCc1c[nH]c2ccccc12. The van der Waals surface area contributed by atoms with Gasteiger partial charge in [-0.1, -0.05) is 32.0 Å². The highest BCUT2D eigenvalue weighted by Crippen LogP contribution is 2.18. The summed E-state index contributed by atoms with van der Waals surface area (Å²) in [5.74, 6) is 0. The molecule has 0 radical (unpaired) electrons. The van der Waals surface area contributed by atoms with Crippen molar-refractivity contribution in [2.24, 2.45) is 11.1 Å². The number of hydrogen-bond acceptors (Lipinski definition) is 2. The Morgan fingerprint density at radius 2 is 2.00 bits per heavy atom. The molecule has 2 rings (SSSR count). The molecule has 0 amide bonds. The molecule has 0 spiro atoms. The summed E-state index contributed by atoms with van der Waals surface area (Å²) < 4.78 is 0. The molecule has 0 atom stereocenters. The molecule has 1 aromatic carbocycles. The smallest absolute Gasteiger partial charge is 0.0456 e. The molecule has 3 heteroatoms. The fourth-order valence-electron chi connectivity index (χ4n) is 2.22. The maximum atomic E-state index is 5.73. The molecule has 0 aliphatic carbocycles. The van der Waals surface area contributed by atoms with Crippen LogP contribution < -0.4 is 11.1 Å². The Labute approximate surface area is 115 Å². The number of H-pyrrole nitrogens is 1. The summed E-state index contributed by atoms with van der Waals surface area (Å²) in [6, 6.07) is 8.46. The summed E-state index contributed by atoms with van der Waals surface area (Å²) in [6.07, 6.45) is 4.31. The summed E-state index contributed by atoms with van der Waals surface area (Å²) >= 11 is 0. The molecule has 19 heavy (non-hydrogen) atoms. The van der Waals surface area contributed by atoms with Gasteiger partial charge >= 0.3 is 0 Å². The summed E-state index contributed by atoms with van der Waals surface area (Å²) in [5, 5.41) is 4.85. The zero-order chi connectivity index (χ0) is 13.7. The molecule has 0 fully saturated rings. The lowest BCUT2D eigenvalue weighted by atomic mass is 9.90. The van der Waals surface area contributed by atoms with E-state index in [4.69, 9.17) is 5.73 Å². The van der Waals surface area contributed by atoms with Gasteiger partial charge in [-0.15, -0.1) is 0 Å². The maximum Gasteiger partial charge on any atom is 0.0456 e. The minimum atomic E-state index is 0.244. The van der Waals surface area contributed by atoms with E-state index in [9.17, 15) is 0 Å². The number of fused-ring (bicyclic) bond motifs is 1. The van der Waals surface area contributed by atoms with Gasteiger partial charge in [-0.2, -0.15) is 0 Å². The highest BCUT2D eigenvalue weighted by molar-refractivity contribution is 5.83. The Kier molecular flexibility index (Phi) is 4.61. The first-order chi connectivity index (χ1) is 9.12. The predicted molar refractivity (Wildman–Crippen MR) is 82.3 cm³/mol. The normalized spacial score (nSPS) is 12.2. The van der Waals surface area contributed by atoms with E-state index in [0.717, 1.165) is 32.5 Å². The van der Waals surface area contributed by atoms with Crippen LogP contribution in [-0.4, -0.2) is 24.6 Å². The summed E-state index contributed by atoms with van der Waals surface area (Å²) in [7, 11) is 0. The van der Waals surface area contributed by atoms with E-state index in [-0.39, 0.29) is 5.41 Å². The average Bonchev–Trinajstić information content (AvgIpc) is 2.82. The largest absolute Gasteiger partial charge is 0.361 e. The van der Waals surface area contributed by atoms with Gasteiger partial charge in [-0.25, -0.2) is 0 Å². The molecule has 0 aliphatic rings. The van der Waals surface area contributed by atoms with E-state index in [2.05, 4.69) is 54.6 Å². The molecule has 1 aromatic heterocycles. The van der Waals surface area contributed by atoms with Crippen molar-refractivity contribution in [1.29, 1.82) is 0 Å². The number of rotatable bonds is 7. The van der Waals surface area contributed by atoms with Crippen LogP contribution >= 0.6 is 0 Å². The molecule has 0 unspecified atom stereocenters. The number of nitrogens with two attached hydrogens (primary N) is 1. The van der Waals surface area contributed by atoms with Crippen molar-refractivity contribution in [2.45, 2.75) is 26.7 Å². The van der Waals surface area contributed by atoms with Crippen LogP contribution in [0.5, 0.6) is 0 Å². The van der Waals surface area contributed by atoms with Gasteiger partial charge in [-0.05, 0) is 49.5 Å². The van der Waals surface area contributed by atoms with Gasteiger partial charge in [0.05, 0.1) is 0 Å². The van der Waals surface area contributed by atoms with Gasteiger partial charge in [0.1, 0.15) is 0 Å². The fraction of sp³-hybridized carbons (Fsp3) is 0.500. The fourth-order valence-corrected chi connectivity index (χ4v) is 2.22. The van der Waals surface area contributed by atoms with E-state index in [0.29, 0.717) is 0 Å². The topological polar surface area (TPSA) is 53.8 Å². The lowest BCUT2D eigenvalue weighted by Gasteiger charge is -2.22. The molecule has 4 N–H and O–H groups in total. The van der Waals surface area contributed by atoms with E-state index in [1.807, 2.05) is 0 Å². The van der Waals surface area contributed by atoms with E-state index in [1.165, 1.54) is 16.5 Å². The van der Waals surface area contributed by atoms with Crippen LogP contribution in [0.25, 0.3) is 10.9 Å². The molecule has 0 aliphatic heterocycles. The lowest BCUT2D eigenvalue weighted by molar-refractivity contribution is 0.340. The van der Waals surface area contributed by atoms with E-state index < -0.39 is 0 Å². The molecule has 0 bridgehead atoms. The number of hydrogen-bond donors (Lipinski definition) is 3. The second-order valence-corrected chi connectivity index (χ2v) is 5.98. The van der Waals surface area contributed by atoms with Crippen LogP contribution in [0.2, 0.25) is 0 Å². The summed E-state index contributed by atoms with van der Waals surface area (Å²) in [5.41, 5.74) is 8.59. The van der Waals surface area contributed by atoms with Gasteiger partial charge < -0.3 is 16.0 Å². The Morgan fingerprint density at radius 3 is 2.79 bits per heavy atom. The monoisotopic (exact) mass is 259 g/mol. The third-order valence-corrected chi connectivity index (χ3v) is 3.78. The Bertz CT molecular complexity index is 513. The van der Waals surface area contributed by atoms with Crippen molar-refractivity contribution in [3.05, 3.63) is 36.0 Å². The maximum absolute atomic E-state index is 5.73. The van der Waals surface area contributed by atoms with Crippen LogP contribution in [0.15, 0.2) is 30.5 Å². The molecular formula is C16H25N3. The first kappa shape index (κ1) is 14.1. The van der Waals surface area contributed by atoms with E-state index >= 15 is 0 Å². The second kappa shape index (κ2) is 6.22. The van der Waals surface area contributed by atoms with Crippen molar-refractivity contribution in [2.75, 3.05) is 19.6 Å². The average molecular weight is 259 g/mol. The Balaban J connectivity index is 1.77. The number of para-hydroxylation sites is 1. The van der Waals surface area contributed by atoms with Crippen LogP contribution in [0.1, 0.15) is 25.8 Å². The minimum absolute atomic E-state index is 0.244. The van der Waals surface area contributed by atoms with Crippen LogP contribution in [0.4, 0.5) is 0 Å². The van der Waals surface area contributed by atoms with Gasteiger partial charge in [0.25, 0.3) is 0 Å². The number of nitrogens with one attached hydrogen (secondary N) is 2. The third kappa shape index (κ3) is 3.82. The Morgan fingerprint density at radius 1 is 1.21 bits per heavy atom. The minimum Gasteiger partial charge on any atom is -0.361 e. The van der Waals surface area contributed by atoms with Crippen molar-refractivity contribution in [1.82, 2.24) is 10.3 Å². The molecule has 3 nitrogen and oxygen atoms in total. The summed E-state index contributed by atoms with van der Waals surface area (Å²) in [6.45, 7) is 7.23. The molecular weight excluding hydrogens is 234 g/mol. The predicted octanol–water partition coefficient (Wildman–Crippen LogP) is 2.67. The molecule has 2 aromatic rings. The van der Waals surface area contributed by atoms with Gasteiger partial charge in [0, 0.05) is 17.1 Å². The molecule has 0 saturated carbocycles. The summed E-state index contributed by atoms with van der Waals surface area (Å²) in [4.78, 5) is 3.32. The quantitative estimate of drug-likeness (QED) is 0.670. The van der Waals surface area contributed by atoms with Crippen molar-refractivity contribution >= 4 is 10.9 Å².